The van der Waals surface area contributed by atoms with E-state index in [4.69, 9.17) is 19.2 Å². The van der Waals surface area contributed by atoms with Crippen LogP contribution in [0.25, 0.3) is 22.3 Å². The molecule has 6 rings (SSSR count). The van der Waals surface area contributed by atoms with Gasteiger partial charge in [0.05, 0.1) is 17.8 Å². The third-order valence-corrected chi connectivity index (χ3v) is 11.0. The van der Waals surface area contributed by atoms with Crippen LogP contribution in [0.5, 0.6) is 11.5 Å². The molecule has 3 heterocycles. The fourth-order valence-electron chi connectivity index (χ4n) is 6.38. The number of halogens is 3. The highest BCUT2D eigenvalue weighted by molar-refractivity contribution is 6.76. The number of ether oxygens (including phenoxy) is 3. The van der Waals surface area contributed by atoms with E-state index in [0.29, 0.717) is 41.3 Å². The lowest BCUT2D eigenvalue weighted by atomic mass is 9.94. The zero-order valence-corrected chi connectivity index (χ0v) is 30.3. The average molecular weight is 704 g/mol. The van der Waals surface area contributed by atoms with Crippen molar-refractivity contribution < 1.29 is 32.2 Å². The van der Waals surface area contributed by atoms with Gasteiger partial charge in [0.1, 0.15) is 24.1 Å². The summed E-state index contributed by atoms with van der Waals surface area (Å²) < 4.78 is 67.4. The summed E-state index contributed by atoms with van der Waals surface area (Å²) in [6, 6.07) is 14.5. The molecule has 1 aliphatic rings. The normalized spacial score (nSPS) is 13.5. The molecule has 50 heavy (non-hydrogen) atoms. The van der Waals surface area contributed by atoms with Gasteiger partial charge in [-0.05, 0) is 67.1 Å². The van der Waals surface area contributed by atoms with Crippen LogP contribution in [0.1, 0.15) is 55.0 Å². The van der Waals surface area contributed by atoms with Gasteiger partial charge in [-0.1, -0.05) is 50.8 Å². The van der Waals surface area contributed by atoms with Gasteiger partial charge in [-0.25, -0.2) is 18.2 Å². The molecule has 3 aromatic carbocycles. The number of nitrogens with zero attached hydrogens (tertiary/aromatic N) is 3. The Bertz CT molecular complexity index is 2020. The van der Waals surface area contributed by atoms with Crippen LogP contribution in [0.4, 0.5) is 13.2 Å². The van der Waals surface area contributed by atoms with Crippen molar-refractivity contribution in [2.45, 2.75) is 84.4 Å². The number of hydrogen-bond donors (Lipinski definition) is 0. The summed E-state index contributed by atoms with van der Waals surface area (Å²) in [5, 5.41) is 0.247. The van der Waals surface area contributed by atoms with Crippen molar-refractivity contribution in [3.8, 4) is 22.9 Å². The van der Waals surface area contributed by atoms with E-state index in [2.05, 4.69) is 19.6 Å². The molecule has 0 fully saturated rings. The van der Waals surface area contributed by atoms with Crippen molar-refractivity contribution in [3.05, 3.63) is 101 Å². The van der Waals surface area contributed by atoms with Gasteiger partial charge >= 0.3 is 5.97 Å². The number of carbonyl (C=O) groups excluding carboxylic acids is 1. The third-order valence-electron chi connectivity index (χ3n) is 9.25. The molecule has 2 aromatic heterocycles. The second-order valence-electron chi connectivity index (χ2n) is 14.1. The molecule has 0 N–H and O–H groups in total. The standard InChI is InChI=1S/C39H44F3N3O4Si/c1-6-48-35(46)15-13-27-9-7-11-29(36(27)41)25(2)33-23-44-17-8-10-26-12-14-28(21-31(26)39(44)43-33)49-38-32(40)22-34-30(37(38)42)16-18-45(34)24-47-19-20-50(3,4)5/h7,9,11-12,14,16,18,21-23,25H,6,8,10,13,15,17,19-20,24H2,1-5H3. The second-order valence-corrected chi connectivity index (χ2v) is 19.7. The minimum atomic E-state index is -1.26. The van der Waals surface area contributed by atoms with Gasteiger partial charge in [-0.2, -0.15) is 0 Å². The first-order valence-corrected chi connectivity index (χ1v) is 21.0. The Balaban J connectivity index is 1.24. The Morgan fingerprint density at radius 2 is 1.88 bits per heavy atom. The van der Waals surface area contributed by atoms with Gasteiger partial charge in [0.2, 0.25) is 0 Å². The average Bonchev–Trinajstić information content (AvgIpc) is 3.64. The van der Waals surface area contributed by atoms with Gasteiger partial charge < -0.3 is 23.3 Å². The number of aromatic nitrogens is 3. The van der Waals surface area contributed by atoms with E-state index in [1.165, 1.54) is 6.07 Å². The summed E-state index contributed by atoms with van der Waals surface area (Å²) in [5.41, 5.74) is 3.87. The maximum absolute atomic E-state index is 15.8. The summed E-state index contributed by atoms with van der Waals surface area (Å²) in [6.45, 7) is 12.3. The summed E-state index contributed by atoms with van der Waals surface area (Å²) in [4.78, 5) is 16.9. The third kappa shape index (κ3) is 7.68. The lowest BCUT2D eigenvalue weighted by Gasteiger charge is -2.16. The Kier molecular flexibility index (Phi) is 10.5. The van der Waals surface area contributed by atoms with E-state index in [0.717, 1.165) is 30.0 Å². The zero-order chi connectivity index (χ0) is 35.6. The molecule has 11 heteroatoms. The summed E-state index contributed by atoms with van der Waals surface area (Å²) in [5.74, 6) is -2.17. The lowest BCUT2D eigenvalue weighted by molar-refractivity contribution is -0.143. The highest BCUT2D eigenvalue weighted by Crippen LogP contribution is 2.38. The van der Waals surface area contributed by atoms with Crippen LogP contribution in [-0.4, -0.2) is 41.4 Å². The Morgan fingerprint density at radius 1 is 1.06 bits per heavy atom. The molecule has 1 unspecified atom stereocenters. The lowest BCUT2D eigenvalue weighted by Crippen LogP contribution is -2.21. The smallest absolute Gasteiger partial charge is 0.306 e. The van der Waals surface area contributed by atoms with Crippen molar-refractivity contribution in [2.24, 2.45) is 0 Å². The molecule has 1 aliphatic heterocycles. The summed E-state index contributed by atoms with van der Waals surface area (Å²) >= 11 is 0. The highest BCUT2D eigenvalue weighted by Gasteiger charge is 2.25. The topological polar surface area (TPSA) is 67.5 Å². The second kappa shape index (κ2) is 14.9. The van der Waals surface area contributed by atoms with Crippen molar-refractivity contribution in [1.82, 2.24) is 14.1 Å². The predicted molar refractivity (Wildman–Crippen MR) is 191 cm³/mol. The highest BCUT2D eigenvalue weighted by atomic mass is 28.3. The van der Waals surface area contributed by atoms with Crippen LogP contribution < -0.4 is 4.74 Å². The predicted octanol–water partition coefficient (Wildman–Crippen LogP) is 9.62. The van der Waals surface area contributed by atoms with Gasteiger partial charge in [-0.3, -0.25) is 4.79 Å². The van der Waals surface area contributed by atoms with Crippen LogP contribution in [0, 0.1) is 17.5 Å². The van der Waals surface area contributed by atoms with Crippen LogP contribution in [0.2, 0.25) is 25.7 Å². The summed E-state index contributed by atoms with van der Waals surface area (Å²) in [6.07, 6.45) is 5.64. The van der Waals surface area contributed by atoms with Crippen molar-refractivity contribution in [3.63, 3.8) is 0 Å². The molecule has 0 saturated carbocycles. The zero-order valence-electron chi connectivity index (χ0n) is 29.3. The van der Waals surface area contributed by atoms with Crippen LogP contribution in [0.3, 0.4) is 0 Å². The van der Waals surface area contributed by atoms with E-state index in [-0.39, 0.29) is 55.0 Å². The fourth-order valence-corrected chi connectivity index (χ4v) is 7.14. The van der Waals surface area contributed by atoms with Gasteiger partial charge in [-0.15, -0.1) is 0 Å². The number of hydrogen-bond acceptors (Lipinski definition) is 5. The number of aryl methyl sites for hydroxylation is 3. The number of carbonyl (C=O) groups is 1. The quantitative estimate of drug-likeness (QED) is 0.0694. The van der Waals surface area contributed by atoms with Crippen molar-refractivity contribution in [1.29, 1.82) is 0 Å². The van der Waals surface area contributed by atoms with E-state index in [1.807, 2.05) is 23.8 Å². The molecule has 0 spiro atoms. The molecule has 0 saturated heterocycles. The molecule has 0 aliphatic carbocycles. The van der Waals surface area contributed by atoms with Crippen LogP contribution in [0.15, 0.2) is 60.9 Å². The maximum atomic E-state index is 15.8. The Hall–Kier alpha value is -4.35. The van der Waals surface area contributed by atoms with Gasteiger partial charge in [0, 0.05) is 63.0 Å². The van der Waals surface area contributed by atoms with E-state index < -0.39 is 25.5 Å². The largest absolute Gasteiger partial charge is 0.466 e. The Labute approximate surface area is 292 Å². The first-order valence-electron chi connectivity index (χ1n) is 17.3. The summed E-state index contributed by atoms with van der Waals surface area (Å²) in [7, 11) is -1.26. The molecule has 0 bridgehead atoms. The van der Waals surface area contributed by atoms with Crippen molar-refractivity contribution in [2.75, 3.05) is 13.2 Å². The van der Waals surface area contributed by atoms with Crippen LogP contribution in [-0.2, 0) is 40.4 Å². The monoisotopic (exact) mass is 703 g/mol. The fraction of sp³-hybridized carbons (Fsp3) is 0.385. The molecule has 0 radical (unpaired) electrons. The van der Waals surface area contributed by atoms with E-state index >= 15 is 13.2 Å². The van der Waals surface area contributed by atoms with E-state index in [9.17, 15) is 4.79 Å². The minimum Gasteiger partial charge on any atom is -0.466 e. The first kappa shape index (κ1) is 35.5. The molecule has 0 amide bonds. The molecule has 1 atom stereocenters. The number of imidazole rings is 1. The maximum Gasteiger partial charge on any atom is 0.306 e. The number of benzene rings is 3. The van der Waals surface area contributed by atoms with Crippen molar-refractivity contribution >= 4 is 24.9 Å². The molecule has 264 valence electrons. The minimum absolute atomic E-state index is 0.102. The van der Waals surface area contributed by atoms with E-state index in [1.54, 1.807) is 54.1 Å². The first-order chi connectivity index (χ1) is 23.9. The van der Waals surface area contributed by atoms with Gasteiger partial charge in [0.25, 0.3) is 0 Å². The molecule has 5 aromatic rings. The van der Waals surface area contributed by atoms with Gasteiger partial charge in [0.15, 0.2) is 17.4 Å². The molecular weight excluding hydrogens is 660 g/mol. The Morgan fingerprint density at radius 3 is 2.66 bits per heavy atom. The molecule has 7 nitrogen and oxygen atoms in total. The van der Waals surface area contributed by atoms with Crippen LogP contribution >= 0.6 is 0 Å². The molecular formula is C39H44F3N3O4Si. The SMILES string of the molecule is CCOC(=O)CCc1cccc(C(C)c2cn3c(n2)-c2cc(Oc4c(F)cc5c(ccn5COCC[Si](C)(C)C)c4F)ccc2CCC3)c1F. The number of fused-ring (bicyclic) bond motifs is 4. The number of rotatable bonds is 13. The number of esters is 1.